The topological polar surface area (TPSA) is 77.1 Å². The van der Waals surface area contributed by atoms with Gasteiger partial charge in [-0.1, -0.05) is 17.7 Å². The van der Waals surface area contributed by atoms with Crippen LogP contribution in [0, 0.1) is 6.92 Å². The predicted molar refractivity (Wildman–Crippen MR) is 86.0 cm³/mol. The normalized spacial score (nSPS) is 13.0. The second-order valence-corrected chi connectivity index (χ2v) is 5.71. The molecule has 0 N–H and O–H groups in total. The van der Waals surface area contributed by atoms with Gasteiger partial charge in [0.25, 0.3) is 0 Å². The molecule has 114 valence electrons. The SMILES string of the molecule is Cc1ccc(-c2nnc(CC3=Nc4cnc(Cl)nc4C3)o2)cc1. The lowest BCUT2D eigenvalue weighted by molar-refractivity contribution is 0.524. The van der Waals surface area contributed by atoms with Gasteiger partial charge in [0.1, 0.15) is 5.69 Å². The second kappa shape index (κ2) is 5.55. The first-order valence-electron chi connectivity index (χ1n) is 7.14. The molecule has 23 heavy (non-hydrogen) atoms. The van der Waals surface area contributed by atoms with Crippen molar-refractivity contribution < 1.29 is 4.42 Å². The van der Waals surface area contributed by atoms with Crippen molar-refractivity contribution in [3.8, 4) is 11.5 Å². The molecular formula is C16H12ClN5O. The molecule has 1 aliphatic rings. The van der Waals surface area contributed by atoms with E-state index in [2.05, 4.69) is 25.2 Å². The monoisotopic (exact) mass is 325 g/mol. The van der Waals surface area contributed by atoms with E-state index in [4.69, 9.17) is 16.0 Å². The van der Waals surface area contributed by atoms with Gasteiger partial charge in [-0.25, -0.2) is 9.97 Å². The lowest BCUT2D eigenvalue weighted by Gasteiger charge is -1.96. The quantitative estimate of drug-likeness (QED) is 0.690. The van der Waals surface area contributed by atoms with Gasteiger partial charge in [0.2, 0.25) is 17.1 Å². The molecule has 0 fully saturated rings. The highest BCUT2D eigenvalue weighted by atomic mass is 35.5. The summed E-state index contributed by atoms with van der Waals surface area (Å²) in [7, 11) is 0. The zero-order chi connectivity index (χ0) is 15.8. The Morgan fingerprint density at radius 2 is 2.00 bits per heavy atom. The highest BCUT2D eigenvalue weighted by molar-refractivity contribution is 6.28. The van der Waals surface area contributed by atoms with E-state index < -0.39 is 0 Å². The molecule has 6 nitrogen and oxygen atoms in total. The van der Waals surface area contributed by atoms with Crippen LogP contribution in [0.15, 0.2) is 39.9 Å². The number of hydrogen-bond acceptors (Lipinski definition) is 6. The Morgan fingerprint density at radius 1 is 1.17 bits per heavy atom. The Bertz CT molecular complexity index is 901. The van der Waals surface area contributed by atoms with Crippen LogP contribution in [-0.2, 0) is 12.8 Å². The van der Waals surface area contributed by atoms with Crippen molar-refractivity contribution in [3.05, 3.63) is 52.9 Å². The Morgan fingerprint density at radius 3 is 2.83 bits per heavy atom. The van der Waals surface area contributed by atoms with E-state index in [1.165, 1.54) is 5.56 Å². The van der Waals surface area contributed by atoms with Crippen LogP contribution < -0.4 is 0 Å². The summed E-state index contributed by atoms with van der Waals surface area (Å²) in [4.78, 5) is 12.6. The molecule has 0 unspecified atom stereocenters. The molecule has 4 rings (SSSR count). The summed E-state index contributed by atoms with van der Waals surface area (Å²) in [6, 6.07) is 7.96. The zero-order valence-corrected chi connectivity index (χ0v) is 13.1. The molecule has 2 aromatic heterocycles. The molecule has 3 aromatic rings. The lowest BCUT2D eigenvalue weighted by Crippen LogP contribution is -2.04. The fourth-order valence-corrected chi connectivity index (χ4v) is 2.58. The van der Waals surface area contributed by atoms with Crippen molar-refractivity contribution >= 4 is 23.0 Å². The van der Waals surface area contributed by atoms with Crippen LogP contribution in [-0.4, -0.2) is 25.9 Å². The van der Waals surface area contributed by atoms with Crippen LogP contribution in [0.5, 0.6) is 0 Å². The molecule has 0 amide bonds. The van der Waals surface area contributed by atoms with Crippen LogP contribution >= 0.6 is 11.6 Å². The fraction of sp³-hybridized carbons (Fsp3) is 0.188. The van der Waals surface area contributed by atoms with Crippen LogP contribution in [0.25, 0.3) is 11.5 Å². The minimum absolute atomic E-state index is 0.236. The Hall–Kier alpha value is -2.60. The highest BCUT2D eigenvalue weighted by Gasteiger charge is 2.19. The van der Waals surface area contributed by atoms with Crippen molar-refractivity contribution in [2.75, 3.05) is 0 Å². The summed E-state index contributed by atoms with van der Waals surface area (Å²) in [5, 5.41) is 8.44. The van der Waals surface area contributed by atoms with E-state index >= 15 is 0 Å². The van der Waals surface area contributed by atoms with Crippen molar-refractivity contribution in [2.45, 2.75) is 19.8 Å². The van der Waals surface area contributed by atoms with Crippen LogP contribution in [0.1, 0.15) is 17.1 Å². The predicted octanol–water partition coefficient (Wildman–Crippen LogP) is 3.36. The Labute approximate surface area is 137 Å². The maximum atomic E-state index is 5.80. The van der Waals surface area contributed by atoms with Gasteiger partial charge in [-0.2, -0.15) is 0 Å². The first-order valence-corrected chi connectivity index (χ1v) is 7.52. The standard InChI is InChI=1S/C16H12ClN5O/c1-9-2-4-10(5-3-9)15-22-21-14(23-15)7-11-6-12-13(19-11)8-18-16(17)20-12/h2-5,8H,6-7H2,1H3. The van der Waals surface area contributed by atoms with Gasteiger partial charge in [-0.05, 0) is 30.7 Å². The van der Waals surface area contributed by atoms with E-state index in [-0.39, 0.29) is 5.28 Å². The van der Waals surface area contributed by atoms with Crippen LogP contribution in [0.4, 0.5) is 5.69 Å². The number of aromatic nitrogens is 4. The first-order chi connectivity index (χ1) is 11.2. The fourth-order valence-electron chi connectivity index (χ4n) is 2.43. The average molecular weight is 326 g/mol. The van der Waals surface area contributed by atoms with Gasteiger partial charge in [0.15, 0.2) is 0 Å². The van der Waals surface area contributed by atoms with Gasteiger partial charge < -0.3 is 4.42 Å². The molecule has 1 aliphatic heterocycles. The largest absolute Gasteiger partial charge is 0.420 e. The van der Waals surface area contributed by atoms with E-state index in [1.54, 1.807) is 6.20 Å². The summed E-state index contributed by atoms with van der Waals surface area (Å²) in [6.45, 7) is 2.04. The van der Waals surface area contributed by atoms with Crippen LogP contribution in [0.2, 0.25) is 5.28 Å². The van der Waals surface area contributed by atoms with Gasteiger partial charge in [-0.3, -0.25) is 4.99 Å². The van der Waals surface area contributed by atoms with Crippen molar-refractivity contribution in [1.29, 1.82) is 0 Å². The molecule has 0 spiro atoms. The number of aryl methyl sites for hydroxylation is 1. The number of fused-ring (bicyclic) bond motifs is 1. The average Bonchev–Trinajstić information content (AvgIpc) is 3.14. The number of nitrogens with zero attached hydrogens (tertiary/aromatic N) is 5. The van der Waals surface area contributed by atoms with E-state index in [9.17, 15) is 0 Å². The number of aliphatic imine (C=N–C) groups is 1. The third-order valence-electron chi connectivity index (χ3n) is 3.59. The molecule has 7 heteroatoms. The molecule has 0 bridgehead atoms. The first kappa shape index (κ1) is 14.0. The second-order valence-electron chi connectivity index (χ2n) is 5.37. The third kappa shape index (κ3) is 2.85. The molecule has 0 atom stereocenters. The Balaban J connectivity index is 1.52. The molecule has 0 radical (unpaired) electrons. The molecule has 0 aliphatic carbocycles. The molecule has 3 heterocycles. The summed E-state index contributed by atoms with van der Waals surface area (Å²) in [5.41, 5.74) is 4.59. The van der Waals surface area contributed by atoms with Crippen LogP contribution in [0.3, 0.4) is 0 Å². The Kier molecular flexibility index (Phi) is 3.38. The van der Waals surface area contributed by atoms with Crippen molar-refractivity contribution in [3.63, 3.8) is 0 Å². The van der Waals surface area contributed by atoms with E-state index in [0.717, 1.165) is 22.7 Å². The summed E-state index contributed by atoms with van der Waals surface area (Å²) in [6.07, 6.45) is 2.75. The van der Waals surface area contributed by atoms with Crippen molar-refractivity contribution in [1.82, 2.24) is 20.2 Å². The van der Waals surface area contributed by atoms with Gasteiger partial charge in [-0.15, -0.1) is 10.2 Å². The third-order valence-corrected chi connectivity index (χ3v) is 3.77. The van der Waals surface area contributed by atoms with Gasteiger partial charge in [0, 0.05) is 17.7 Å². The number of rotatable bonds is 3. The zero-order valence-electron chi connectivity index (χ0n) is 12.3. The van der Waals surface area contributed by atoms with Gasteiger partial charge in [0.05, 0.1) is 18.3 Å². The maximum Gasteiger partial charge on any atom is 0.247 e. The molecule has 1 aromatic carbocycles. The highest BCUT2D eigenvalue weighted by Crippen LogP contribution is 2.26. The smallest absolute Gasteiger partial charge is 0.247 e. The summed E-state index contributed by atoms with van der Waals surface area (Å²) < 4.78 is 5.73. The molecular weight excluding hydrogens is 314 g/mol. The maximum absolute atomic E-state index is 5.80. The van der Waals surface area contributed by atoms with E-state index in [0.29, 0.717) is 24.6 Å². The minimum Gasteiger partial charge on any atom is -0.420 e. The summed E-state index contributed by atoms with van der Waals surface area (Å²) in [5.74, 6) is 1.05. The summed E-state index contributed by atoms with van der Waals surface area (Å²) >= 11 is 5.80. The van der Waals surface area contributed by atoms with Crippen molar-refractivity contribution in [2.24, 2.45) is 4.99 Å². The lowest BCUT2D eigenvalue weighted by atomic mass is 10.1. The number of benzene rings is 1. The number of hydrogen-bond donors (Lipinski definition) is 0. The van der Waals surface area contributed by atoms with Gasteiger partial charge >= 0.3 is 0 Å². The molecule has 0 saturated carbocycles. The molecule has 0 saturated heterocycles. The van der Waals surface area contributed by atoms with E-state index in [1.807, 2.05) is 31.2 Å². The number of halogens is 1. The minimum atomic E-state index is 0.236.